The van der Waals surface area contributed by atoms with E-state index in [9.17, 15) is 28.0 Å². The number of nitrogens with one attached hydrogen (secondary N) is 1. The van der Waals surface area contributed by atoms with E-state index in [2.05, 4.69) is 31.3 Å². The lowest BCUT2D eigenvalue weighted by Gasteiger charge is -2.22. The quantitative estimate of drug-likeness (QED) is 0.0275. The van der Waals surface area contributed by atoms with Crippen molar-refractivity contribution in [3.8, 4) is 0 Å². The summed E-state index contributed by atoms with van der Waals surface area (Å²) in [4.78, 5) is 12.7. The average molecular weight is 840 g/mol. The number of hydrogen-bond donors (Lipinski definition) is 4. The van der Waals surface area contributed by atoms with E-state index in [4.69, 9.17) is 0 Å². The maximum Gasteiger partial charge on any atom is 0.267 e. The summed E-state index contributed by atoms with van der Waals surface area (Å²) in [6, 6.07) is -1.23. The van der Waals surface area contributed by atoms with Gasteiger partial charge in [-0.05, 0) is 44.9 Å². The maximum absolute atomic E-state index is 12.7. The predicted octanol–water partition coefficient (Wildman–Crippen LogP) is 14.4. The van der Waals surface area contributed by atoms with Crippen molar-refractivity contribution in [2.24, 2.45) is 0 Å². The number of carbonyl (C=O) groups is 1. The van der Waals surface area contributed by atoms with Gasteiger partial charge in [-0.2, -0.15) is 8.42 Å². The minimum atomic E-state index is -4.45. The van der Waals surface area contributed by atoms with Crippen LogP contribution in [-0.2, 0) is 14.9 Å². The second kappa shape index (κ2) is 43.9. The Labute approximate surface area is 360 Å². The van der Waals surface area contributed by atoms with E-state index in [1.165, 1.54) is 199 Å². The van der Waals surface area contributed by atoms with Gasteiger partial charge in [0.05, 0.1) is 17.9 Å². The highest BCUT2D eigenvalue weighted by Gasteiger charge is 2.27. The molecule has 0 saturated carbocycles. The van der Waals surface area contributed by atoms with E-state index in [1.807, 2.05) is 6.08 Å². The monoisotopic (exact) mass is 840 g/mol. The molecule has 3 atom stereocenters. The fraction of sp³-hybridized carbons (Fsp3) is 0.900. The first kappa shape index (κ1) is 56.8. The summed E-state index contributed by atoms with van der Waals surface area (Å²) in [6.07, 6.45) is 53.9. The summed E-state index contributed by atoms with van der Waals surface area (Å²) in [6.45, 7) is 4.55. The zero-order valence-corrected chi connectivity index (χ0v) is 39.1. The molecule has 8 heteroatoms. The van der Waals surface area contributed by atoms with Crippen molar-refractivity contribution in [1.82, 2.24) is 5.32 Å². The van der Waals surface area contributed by atoms with Crippen LogP contribution in [0.15, 0.2) is 24.3 Å². The molecule has 0 rings (SSSR count). The number of amides is 1. The lowest BCUT2D eigenvalue weighted by molar-refractivity contribution is -0.130. The van der Waals surface area contributed by atoms with Crippen molar-refractivity contribution in [3.63, 3.8) is 0 Å². The van der Waals surface area contributed by atoms with Crippen LogP contribution in [0, 0.1) is 0 Å². The van der Waals surface area contributed by atoms with Crippen LogP contribution in [0.25, 0.3) is 0 Å². The summed E-state index contributed by atoms with van der Waals surface area (Å²) >= 11 is 0. The van der Waals surface area contributed by atoms with Gasteiger partial charge in [0.1, 0.15) is 6.10 Å². The number of unbranched alkanes of at least 4 members (excludes halogenated alkanes) is 35. The summed E-state index contributed by atoms with van der Waals surface area (Å²) in [5.74, 6) is -1.53. The molecule has 0 aliphatic heterocycles. The number of allylic oxidation sites excluding steroid dienone is 3. The molecule has 0 bridgehead atoms. The SMILES string of the molecule is CCCCCCCCCCCCCC/C=C\CCCCCCCCC(O)C(=O)NC(CS(=O)(=O)O)C(O)/C=C/CCCCCCCCCCCCCCCCCCC. The third-order valence-electron chi connectivity index (χ3n) is 11.7. The van der Waals surface area contributed by atoms with Gasteiger partial charge >= 0.3 is 0 Å². The van der Waals surface area contributed by atoms with Gasteiger partial charge in [0, 0.05) is 0 Å². The smallest absolute Gasteiger partial charge is 0.267 e. The number of aliphatic hydroxyl groups excluding tert-OH is 2. The molecule has 4 N–H and O–H groups in total. The fourth-order valence-corrected chi connectivity index (χ4v) is 8.60. The number of rotatable bonds is 46. The molecule has 344 valence electrons. The molecule has 0 fully saturated rings. The molecular formula is C50H97NO6S. The van der Waals surface area contributed by atoms with Crippen LogP contribution in [0.5, 0.6) is 0 Å². The van der Waals surface area contributed by atoms with Crippen LogP contribution in [0.4, 0.5) is 0 Å². The van der Waals surface area contributed by atoms with Crippen molar-refractivity contribution >= 4 is 16.0 Å². The molecule has 7 nitrogen and oxygen atoms in total. The Kier molecular flexibility index (Phi) is 42.9. The number of carbonyl (C=O) groups excluding carboxylic acids is 1. The molecule has 1 amide bonds. The maximum atomic E-state index is 12.7. The van der Waals surface area contributed by atoms with Crippen molar-refractivity contribution in [3.05, 3.63) is 24.3 Å². The van der Waals surface area contributed by atoms with E-state index in [0.717, 1.165) is 44.9 Å². The largest absolute Gasteiger partial charge is 0.387 e. The molecule has 58 heavy (non-hydrogen) atoms. The van der Waals surface area contributed by atoms with E-state index in [-0.39, 0.29) is 6.42 Å². The Hall–Kier alpha value is -1.22. The highest BCUT2D eigenvalue weighted by Crippen LogP contribution is 2.16. The first-order valence-electron chi connectivity index (χ1n) is 25.1. The summed E-state index contributed by atoms with van der Waals surface area (Å²) < 4.78 is 32.7. The van der Waals surface area contributed by atoms with Crippen LogP contribution in [-0.4, -0.2) is 53.1 Å². The van der Waals surface area contributed by atoms with Gasteiger partial charge in [-0.15, -0.1) is 0 Å². The molecule has 0 saturated heterocycles. The van der Waals surface area contributed by atoms with Gasteiger partial charge in [0.15, 0.2) is 0 Å². The molecule has 3 unspecified atom stereocenters. The van der Waals surface area contributed by atoms with Crippen LogP contribution in [0.1, 0.15) is 264 Å². The Balaban J connectivity index is 3.91. The molecule has 0 radical (unpaired) electrons. The number of aliphatic hydroxyl groups is 2. The van der Waals surface area contributed by atoms with Crippen LogP contribution >= 0.6 is 0 Å². The third kappa shape index (κ3) is 42.9. The lowest BCUT2D eigenvalue weighted by Crippen LogP contribution is -2.50. The minimum Gasteiger partial charge on any atom is -0.387 e. The zero-order valence-electron chi connectivity index (χ0n) is 38.3. The van der Waals surface area contributed by atoms with Crippen LogP contribution < -0.4 is 5.32 Å². The Morgan fingerprint density at radius 2 is 0.759 bits per heavy atom. The van der Waals surface area contributed by atoms with E-state index < -0.39 is 40.0 Å². The molecule has 0 heterocycles. The Bertz CT molecular complexity index is 1030. The molecule has 0 aromatic rings. The van der Waals surface area contributed by atoms with Gasteiger partial charge in [0.25, 0.3) is 10.1 Å². The molecule has 0 spiro atoms. The van der Waals surface area contributed by atoms with Gasteiger partial charge in [0.2, 0.25) is 5.91 Å². The second-order valence-corrected chi connectivity index (χ2v) is 19.1. The first-order chi connectivity index (χ1) is 28.2. The fourth-order valence-electron chi connectivity index (χ4n) is 7.87. The van der Waals surface area contributed by atoms with Crippen LogP contribution in [0.3, 0.4) is 0 Å². The van der Waals surface area contributed by atoms with Gasteiger partial charge in [-0.3, -0.25) is 9.35 Å². The molecule has 0 aromatic carbocycles. The van der Waals surface area contributed by atoms with E-state index in [1.54, 1.807) is 0 Å². The molecular weight excluding hydrogens is 743 g/mol. The van der Waals surface area contributed by atoms with Crippen molar-refractivity contribution in [2.75, 3.05) is 5.75 Å². The Morgan fingerprint density at radius 1 is 0.466 bits per heavy atom. The van der Waals surface area contributed by atoms with Crippen molar-refractivity contribution < 1.29 is 28.0 Å². The molecule has 0 aromatic heterocycles. The van der Waals surface area contributed by atoms with Crippen molar-refractivity contribution in [2.45, 2.75) is 283 Å². The average Bonchev–Trinajstić information content (AvgIpc) is 3.19. The lowest BCUT2D eigenvalue weighted by atomic mass is 10.0. The summed E-state index contributed by atoms with van der Waals surface area (Å²) in [5, 5.41) is 23.5. The second-order valence-electron chi connectivity index (χ2n) is 17.6. The topological polar surface area (TPSA) is 124 Å². The van der Waals surface area contributed by atoms with Gasteiger partial charge in [-0.1, -0.05) is 244 Å². The molecule has 0 aliphatic carbocycles. The van der Waals surface area contributed by atoms with E-state index in [0.29, 0.717) is 6.42 Å². The normalized spacial score (nSPS) is 13.8. The van der Waals surface area contributed by atoms with E-state index >= 15 is 0 Å². The highest BCUT2D eigenvalue weighted by atomic mass is 32.2. The summed E-state index contributed by atoms with van der Waals surface area (Å²) in [7, 11) is -4.45. The molecule has 0 aliphatic rings. The van der Waals surface area contributed by atoms with Crippen LogP contribution in [0.2, 0.25) is 0 Å². The van der Waals surface area contributed by atoms with Gasteiger partial charge in [-0.25, -0.2) is 0 Å². The third-order valence-corrected chi connectivity index (χ3v) is 12.5. The Morgan fingerprint density at radius 3 is 1.09 bits per heavy atom. The first-order valence-corrected chi connectivity index (χ1v) is 26.8. The predicted molar refractivity (Wildman–Crippen MR) is 250 cm³/mol. The number of hydrogen-bond acceptors (Lipinski definition) is 5. The van der Waals surface area contributed by atoms with Crippen molar-refractivity contribution in [1.29, 1.82) is 0 Å². The van der Waals surface area contributed by atoms with Gasteiger partial charge < -0.3 is 15.5 Å². The minimum absolute atomic E-state index is 0.275. The standard InChI is InChI=1S/C50H97NO6S/c1-3-5-7-9-11-13-15-17-19-21-23-24-25-27-29-31-33-35-37-39-41-43-45-49(53)50(54)51-47(46-58(55,56)57)48(52)44-42-40-38-36-34-32-30-28-26-22-20-18-16-14-12-10-8-6-4-2/h27,29,42,44,47-49,52-53H,3-26,28,30-41,43,45-46H2,1-2H3,(H,51,54)(H,55,56,57)/b29-27-,44-42+. The zero-order chi connectivity index (χ0) is 42.6. The highest BCUT2D eigenvalue weighted by molar-refractivity contribution is 7.85. The summed E-state index contributed by atoms with van der Waals surface area (Å²) in [5.41, 5.74) is 0.